The van der Waals surface area contributed by atoms with Gasteiger partial charge in [0.1, 0.15) is 6.23 Å². The number of benzene rings is 1. The van der Waals surface area contributed by atoms with Crippen LogP contribution in [0.4, 0.5) is 17.6 Å². The van der Waals surface area contributed by atoms with Crippen LogP contribution in [0.25, 0.3) is 11.4 Å². The largest absolute Gasteiger partial charge is 0.374 e. The highest BCUT2D eigenvalue weighted by atomic mass is 16.3. The molecule has 0 spiro atoms. The van der Waals surface area contributed by atoms with Gasteiger partial charge in [-0.15, -0.1) is 0 Å². The Morgan fingerprint density at radius 1 is 0.958 bits per heavy atom. The summed E-state index contributed by atoms with van der Waals surface area (Å²) in [7, 11) is 0. The monoisotopic (exact) mass is 322 g/mol. The van der Waals surface area contributed by atoms with E-state index in [0.29, 0.717) is 24.1 Å². The summed E-state index contributed by atoms with van der Waals surface area (Å²) >= 11 is 0. The van der Waals surface area contributed by atoms with Gasteiger partial charge < -0.3 is 15.7 Å². The van der Waals surface area contributed by atoms with E-state index in [1.165, 1.54) is 0 Å². The molecule has 24 heavy (non-hydrogen) atoms. The molecule has 0 aliphatic rings. The zero-order chi connectivity index (χ0) is 16.8. The SMILES string of the molecule is CCC(O)Nc1nc(Nc2ccncc2)nc(-c2ccccc2)n1. The van der Waals surface area contributed by atoms with Crippen LogP contribution in [-0.4, -0.2) is 31.3 Å². The Hall–Kier alpha value is -3.06. The lowest BCUT2D eigenvalue weighted by atomic mass is 10.2. The Labute approximate surface area is 139 Å². The van der Waals surface area contributed by atoms with Crippen molar-refractivity contribution in [3.8, 4) is 11.4 Å². The molecule has 0 saturated carbocycles. The average Bonchev–Trinajstić information content (AvgIpc) is 2.63. The second kappa shape index (κ2) is 7.47. The molecule has 0 bridgehead atoms. The fourth-order valence-electron chi connectivity index (χ4n) is 2.03. The lowest BCUT2D eigenvalue weighted by Crippen LogP contribution is -2.19. The summed E-state index contributed by atoms with van der Waals surface area (Å²) in [4.78, 5) is 17.1. The zero-order valence-corrected chi connectivity index (χ0v) is 13.2. The summed E-state index contributed by atoms with van der Waals surface area (Å²) in [6, 6.07) is 13.3. The quantitative estimate of drug-likeness (QED) is 0.600. The van der Waals surface area contributed by atoms with Crippen LogP contribution in [0.5, 0.6) is 0 Å². The van der Waals surface area contributed by atoms with Crippen molar-refractivity contribution in [2.24, 2.45) is 0 Å². The number of aromatic nitrogens is 4. The Morgan fingerprint density at radius 2 is 1.67 bits per heavy atom. The van der Waals surface area contributed by atoms with Crippen molar-refractivity contribution in [1.29, 1.82) is 0 Å². The number of anilines is 3. The fourth-order valence-corrected chi connectivity index (χ4v) is 2.03. The van der Waals surface area contributed by atoms with Crippen LogP contribution >= 0.6 is 0 Å². The highest BCUT2D eigenvalue weighted by Gasteiger charge is 2.11. The molecule has 0 aliphatic heterocycles. The second-order valence-corrected chi connectivity index (χ2v) is 5.10. The van der Waals surface area contributed by atoms with Crippen LogP contribution in [0.3, 0.4) is 0 Å². The van der Waals surface area contributed by atoms with E-state index in [2.05, 4.69) is 30.6 Å². The lowest BCUT2D eigenvalue weighted by Gasteiger charge is -2.13. The number of rotatable bonds is 6. The molecular weight excluding hydrogens is 304 g/mol. The van der Waals surface area contributed by atoms with Crippen LogP contribution in [-0.2, 0) is 0 Å². The van der Waals surface area contributed by atoms with Crippen LogP contribution < -0.4 is 10.6 Å². The molecule has 1 atom stereocenters. The molecule has 0 radical (unpaired) electrons. The Balaban J connectivity index is 1.96. The summed E-state index contributed by atoms with van der Waals surface area (Å²) < 4.78 is 0. The van der Waals surface area contributed by atoms with Gasteiger partial charge in [0.2, 0.25) is 11.9 Å². The summed E-state index contributed by atoms with van der Waals surface area (Å²) in [5.41, 5.74) is 1.68. The molecular formula is C17H18N6O. The van der Waals surface area contributed by atoms with Crippen LogP contribution in [0.15, 0.2) is 54.9 Å². The van der Waals surface area contributed by atoms with Gasteiger partial charge in [-0.05, 0) is 18.6 Å². The van der Waals surface area contributed by atoms with Crippen molar-refractivity contribution < 1.29 is 5.11 Å². The molecule has 3 rings (SSSR count). The Kier molecular flexibility index (Phi) is 4.93. The second-order valence-electron chi connectivity index (χ2n) is 5.10. The van der Waals surface area contributed by atoms with E-state index >= 15 is 0 Å². The predicted octanol–water partition coefficient (Wildman–Crippen LogP) is 2.82. The minimum atomic E-state index is -0.718. The highest BCUT2D eigenvalue weighted by Crippen LogP contribution is 2.20. The number of aliphatic hydroxyl groups excluding tert-OH is 1. The standard InChI is InChI=1S/C17H18N6O/c1-2-14(24)20-17-22-15(12-6-4-3-5-7-12)21-16(23-17)19-13-8-10-18-11-9-13/h3-11,14,24H,2H2,1H3,(H2,18,19,20,21,22,23). The number of aliphatic hydroxyl groups is 1. The van der Waals surface area contributed by atoms with Gasteiger partial charge in [0.05, 0.1) is 0 Å². The van der Waals surface area contributed by atoms with Crippen LogP contribution in [0.2, 0.25) is 0 Å². The van der Waals surface area contributed by atoms with Crippen molar-refractivity contribution in [3.05, 3.63) is 54.9 Å². The molecule has 2 aromatic heterocycles. The normalized spacial score (nSPS) is 11.8. The van der Waals surface area contributed by atoms with Crippen LogP contribution in [0, 0.1) is 0 Å². The minimum absolute atomic E-state index is 0.315. The first-order valence-electron chi connectivity index (χ1n) is 7.67. The molecule has 0 fully saturated rings. The first-order valence-corrected chi connectivity index (χ1v) is 7.67. The third kappa shape index (κ3) is 4.02. The van der Waals surface area contributed by atoms with E-state index in [4.69, 9.17) is 0 Å². The molecule has 7 nitrogen and oxygen atoms in total. The van der Waals surface area contributed by atoms with Gasteiger partial charge in [-0.25, -0.2) is 0 Å². The topological polar surface area (TPSA) is 95.8 Å². The third-order valence-electron chi connectivity index (χ3n) is 3.29. The van der Waals surface area contributed by atoms with Gasteiger partial charge >= 0.3 is 0 Å². The summed E-state index contributed by atoms with van der Waals surface area (Å²) in [5.74, 6) is 1.23. The van der Waals surface area contributed by atoms with Gasteiger partial charge in [0, 0.05) is 23.6 Å². The molecule has 3 N–H and O–H groups in total. The molecule has 0 aliphatic carbocycles. The average molecular weight is 322 g/mol. The number of nitrogens with zero attached hydrogens (tertiary/aromatic N) is 4. The maximum absolute atomic E-state index is 9.81. The predicted molar refractivity (Wildman–Crippen MR) is 92.7 cm³/mol. The van der Waals surface area contributed by atoms with Crippen molar-refractivity contribution in [2.75, 3.05) is 10.6 Å². The molecule has 2 heterocycles. The van der Waals surface area contributed by atoms with Crippen LogP contribution in [0.1, 0.15) is 13.3 Å². The fraction of sp³-hybridized carbons (Fsp3) is 0.176. The maximum Gasteiger partial charge on any atom is 0.232 e. The smallest absolute Gasteiger partial charge is 0.232 e. The molecule has 3 aromatic rings. The summed E-state index contributed by atoms with van der Waals surface area (Å²) in [5, 5.41) is 15.8. The minimum Gasteiger partial charge on any atom is -0.374 e. The van der Waals surface area contributed by atoms with E-state index in [1.807, 2.05) is 49.4 Å². The van der Waals surface area contributed by atoms with E-state index < -0.39 is 6.23 Å². The number of hydrogen-bond donors (Lipinski definition) is 3. The first kappa shape index (κ1) is 15.8. The number of nitrogens with one attached hydrogen (secondary N) is 2. The van der Waals surface area contributed by atoms with Gasteiger partial charge in [-0.3, -0.25) is 4.98 Å². The van der Waals surface area contributed by atoms with Crippen molar-refractivity contribution in [2.45, 2.75) is 19.6 Å². The van der Waals surface area contributed by atoms with Crippen molar-refractivity contribution in [1.82, 2.24) is 19.9 Å². The Morgan fingerprint density at radius 3 is 2.38 bits per heavy atom. The third-order valence-corrected chi connectivity index (χ3v) is 3.29. The summed E-state index contributed by atoms with van der Waals surface area (Å²) in [6.07, 6.45) is 3.19. The zero-order valence-electron chi connectivity index (χ0n) is 13.2. The first-order chi connectivity index (χ1) is 11.7. The highest BCUT2D eigenvalue weighted by molar-refractivity contribution is 5.60. The summed E-state index contributed by atoms with van der Waals surface area (Å²) in [6.45, 7) is 1.87. The molecule has 122 valence electrons. The molecule has 0 saturated heterocycles. The van der Waals surface area contributed by atoms with E-state index in [1.54, 1.807) is 12.4 Å². The Bertz CT molecular complexity index is 782. The van der Waals surface area contributed by atoms with Crippen molar-refractivity contribution in [3.63, 3.8) is 0 Å². The lowest BCUT2D eigenvalue weighted by molar-refractivity contribution is 0.198. The molecule has 0 amide bonds. The van der Waals surface area contributed by atoms with Gasteiger partial charge in [0.25, 0.3) is 0 Å². The maximum atomic E-state index is 9.81. The molecule has 1 unspecified atom stereocenters. The van der Waals surface area contributed by atoms with Gasteiger partial charge in [-0.2, -0.15) is 15.0 Å². The molecule has 7 heteroatoms. The molecule has 1 aromatic carbocycles. The number of hydrogen-bond acceptors (Lipinski definition) is 7. The van der Waals surface area contributed by atoms with Gasteiger partial charge in [-0.1, -0.05) is 37.3 Å². The number of pyridine rings is 1. The van der Waals surface area contributed by atoms with Crippen molar-refractivity contribution >= 4 is 17.6 Å². The van der Waals surface area contributed by atoms with E-state index in [9.17, 15) is 5.11 Å². The van der Waals surface area contributed by atoms with E-state index in [-0.39, 0.29) is 0 Å². The van der Waals surface area contributed by atoms with Gasteiger partial charge in [0.15, 0.2) is 5.82 Å². The van der Waals surface area contributed by atoms with E-state index in [0.717, 1.165) is 11.3 Å².